The first-order chi connectivity index (χ1) is 7.24. The summed E-state index contributed by atoms with van der Waals surface area (Å²) in [5.41, 5.74) is 7.18. The molecule has 1 aromatic heterocycles. The van der Waals surface area contributed by atoms with E-state index < -0.39 is 6.10 Å². The van der Waals surface area contributed by atoms with Gasteiger partial charge in [0.05, 0.1) is 17.3 Å². The lowest BCUT2D eigenvalue weighted by atomic mass is 10.1. The van der Waals surface area contributed by atoms with Crippen LogP contribution in [0.15, 0.2) is 24.3 Å². The van der Waals surface area contributed by atoms with Crippen LogP contribution in [0.2, 0.25) is 0 Å². The molecular formula is C11H15N3O. The van der Waals surface area contributed by atoms with Crippen molar-refractivity contribution in [3.05, 3.63) is 30.0 Å². The van der Waals surface area contributed by atoms with Crippen LogP contribution in [0.3, 0.4) is 0 Å². The number of hydrogen-bond acceptors (Lipinski definition) is 3. The van der Waals surface area contributed by atoms with Crippen molar-refractivity contribution in [3.63, 3.8) is 0 Å². The van der Waals surface area contributed by atoms with Gasteiger partial charge in [0.2, 0.25) is 0 Å². The maximum atomic E-state index is 9.88. The van der Waals surface area contributed by atoms with Gasteiger partial charge in [0.1, 0.15) is 0 Å². The van der Waals surface area contributed by atoms with E-state index in [1.54, 1.807) is 4.68 Å². The molecule has 1 heterocycles. The Labute approximate surface area is 88.3 Å². The van der Waals surface area contributed by atoms with Crippen LogP contribution in [0.4, 0.5) is 0 Å². The van der Waals surface area contributed by atoms with Crippen LogP contribution in [0.25, 0.3) is 10.9 Å². The molecule has 2 rings (SSSR count). The van der Waals surface area contributed by atoms with Crippen molar-refractivity contribution in [1.82, 2.24) is 9.78 Å². The highest BCUT2D eigenvalue weighted by molar-refractivity contribution is 5.82. The minimum atomic E-state index is -0.568. The number of aryl methyl sites for hydroxylation is 1. The van der Waals surface area contributed by atoms with Gasteiger partial charge in [-0.25, -0.2) is 0 Å². The van der Waals surface area contributed by atoms with Crippen molar-refractivity contribution in [2.75, 3.05) is 6.54 Å². The zero-order valence-electron chi connectivity index (χ0n) is 8.72. The second-order valence-corrected chi connectivity index (χ2v) is 3.62. The first-order valence-electron chi connectivity index (χ1n) is 5.04. The van der Waals surface area contributed by atoms with Gasteiger partial charge in [0.25, 0.3) is 0 Å². The Hall–Kier alpha value is -1.39. The summed E-state index contributed by atoms with van der Waals surface area (Å²) in [5.74, 6) is 0. The van der Waals surface area contributed by atoms with Gasteiger partial charge in [-0.05, 0) is 19.0 Å². The Balaban J connectivity index is 2.52. The normalized spacial score (nSPS) is 13.3. The van der Waals surface area contributed by atoms with Crippen molar-refractivity contribution < 1.29 is 5.11 Å². The lowest BCUT2D eigenvalue weighted by molar-refractivity contribution is 0.166. The number of hydrogen-bond donors (Lipinski definition) is 2. The fourth-order valence-electron chi connectivity index (χ4n) is 1.78. The third-order valence-corrected chi connectivity index (χ3v) is 2.54. The van der Waals surface area contributed by atoms with Gasteiger partial charge < -0.3 is 10.8 Å². The molecule has 80 valence electrons. The summed E-state index contributed by atoms with van der Waals surface area (Å²) in [6.07, 6.45) is -0.0258. The van der Waals surface area contributed by atoms with Gasteiger partial charge in [-0.15, -0.1) is 0 Å². The summed E-state index contributed by atoms with van der Waals surface area (Å²) >= 11 is 0. The molecule has 4 heteroatoms. The maximum Gasteiger partial charge on any atom is 0.0996 e. The molecule has 0 aliphatic heterocycles. The number of para-hydroxylation sites is 1. The van der Waals surface area contributed by atoms with Crippen molar-refractivity contribution in [3.8, 4) is 0 Å². The average Bonchev–Trinajstić information content (AvgIpc) is 2.58. The Bertz CT molecular complexity index is 464. The molecule has 2 aromatic rings. The van der Waals surface area contributed by atoms with Crippen LogP contribution in [0, 0.1) is 0 Å². The summed E-state index contributed by atoms with van der Waals surface area (Å²) in [4.78, 5) is 0. The molecule has 4 nitrogen and oxygen atoms in total. The van der Waals surface area contributed by atoms with E-state index in [0.717, 1.165) is 16.6 Å². The van der Waals surface area contributed by atoms with Crippen molar-refractivity contribution >= 4 is 10.9 Å². The van der Waals surface area contributed by atoms with E-state index in [4.69, 9.17) is 5.73 Å². The topological polar surface area (TPSA) is 64.1 Å². The first kappa shape index (κ1) is 10.1. The number of fused-ring (bicyclic) bond motifs is 1. The van der Waals surface area contributed by atoms with Crippen molar-refractivity contribution in [2.45, 2.75) is 12.5 Å². The Morgan fingerprint density at radius 1 is 1.47 bits per heavy atom. The summed E-state index contributed by atoms with van der Waals surface area (Å²) in [7, 11) is 1.88. The van der Waals surface area contributed by atoms with Crippen LogP contribution >= 0.6 is 0 Å². The van der Waals surface area contributed by atoms with Crippen LogP contribution < -0.4 is 5.73 Å². The second kappa shape index (κ2) is 4.00. The van der Waals surface area contributed by atoms with Crippen LogP contribution in [-0.4, -0.2) is 21.4 Å². The van der Waals surface area contributed by atoms with Gasteiger partial charge in [-0.1, -0.05) is 18.2 Å². The van der Waals surface area contributed by atoms with E-state index in [2.05, 4.69) is 5.10 Å². The molecule has 0 amide bonds. The van der Waals surface area contributed by atoms with Gasteiger partial charge in [-0.2, -0.15) is 5.10 Å². The molecule has 0 aliphatic rings. The number of aliphatic hydroxyl groups excluding tert-OH is 1. The molecule has 3 N–H and O–H groups in total. The van der Waals surface area contributed by atoms with Crippen LogP contribution in [0.1, 0.15) is 18.2 Å². The quantitative estimate of drug-likeness (QED) is 0.784. The first-order valence-corrected chi connectivity index (χ1v) is 5.04. The van der Waals surface area contributed by atoms with E-state index in [-0.39, 0.29) is 0 Å². The number of rotatable bonds is 3. The predicted octanol–water partition coefficient (Wildman–Crippen LogP) is 0.956. The van der Waals surface area contributed by atoms with E-state index in [9.17, 15) is 5.11 Å². The number of benzene rings is 1. The molecule has 0 bridgehead atoms. The smallest absolute Gasteiger partial charge is 0.0996 e. The molecular weight excluding hydrogens is 190 g/mol. The zero-order chi connectivity index (χ0) is 10.8. The predicted molar refractivity (Wildman–Crippen MR) is 59.3 cm³/mol. The number of nitrogens with zero attached hydrogens (tertiary/aromatic N) is 2. The third kappa shape index (κ3) is 1.73. The number of aliphatic hydroxyl groups is 1. The Morgan fingerprint density at radius 2 is 2.20 bits per heavy atom. The minimum Gasteiger partial charge on any atom is -0.387 e. The monoisotopic (exact) mass is 205 g/mol. The Morgan fingerprint density at radius 3 is 2.93 bits per heavy atom. The van der Waals surface area contributed by atoms with E-state index in [1.165, 1.54) is 0 Å². The van der Waals surface area contributed by atoms with Crippen molar-refractivity contribution in [2.24, 2.45) is 12.8 Å². The zero-order valence-corrected chi connectivity index (χ0v) is 8.72. The largest absolute Gasteiger partial charge is 0.387 e. The molecule has 0 unspecified atom stereocenters. The lowest BCUT2D eigenvalue weighted by Crippen LogP contribution is -2.07. The highest BCUT2D eigenvalue weighted by Crippen LogP contribution is 2.24. The molecule has 1 atom stereocenters. The van der Waals surface area contributed by atoms with E-state index in [0.29, 0.717) is 13.0 Å². The van der Waals surface area contributed by atoms with Crippen molar-refractivity contribution in [1.29, 1.82) is 0 Å². The van der Waals surface area contributed by atoms with Gasteiger partial charge in [-0.3, -0.25) is 4.68 Å². The van der Waals surface area contributed by atoms with E-state index >= 15 is 0 Å². The Kier molecular flexibility index (Phi) is 2.70. The molecule has 0 spiro atoms. The van der Waals surface area contributed by atoms with Crippen LogP contribution in [-0.2, 0) is 7.05 Å². The molecule has 0 aliphatic carbocycles. The van der Waals surface area contributed by atoms with Gasteiger partial charge >= 0.3 is 0 Å². The molecule has 0 saturated heterocycles. The molecule has 0 radical (unpaired) electrons. The standard InChI is InChI=1S/C11H15N3O/c1-14-9-5-3-2-4-8(9)11(13-14)10(15)6-7-12/h2-5,10,15H,6-7,12H2,1H3/t10-/m0/s1. The molecule has 0 saturated carbocycles. The molecule has 15 heavy (non-hydrogen) atoms. The summed E-state index contributed by atoms with van der Waals surface area (Å²) in [6, 6.07) is 7.87. The fraction of sp³-hybridized carbons (Fsp3) is 0.364. The fourth-order valence-corrected chi connectivity index (χ4v) is 1.78. The summed E-state index contributed by atoms with van der Waals surface area (Å²) in [6.45, 7) is 0.464. The number of nitrogens with two attached hydrogens (primary N) is 1. The second-order valence-electron chi connectivity index (χ2n) is 3.62. The number of aromatic nitrogens is 2. The van der Waals surface area contributed by atoms with Crippen LogP contribution in [0.5, 0.6) is 0 Å². The highest BCUT2D eigenvalue weighted by Gasteiger charge is 2.15. The molecule has 1 aromatic carbocycles. The van der Waals surface area contributed by atoms with Gasteiger partial charge in [0.15, 0.2) is 0 Å². The van der Waals surface area contributed by atoms with E-state index in [1.807, 2.05) is 31.3 Å². The SMILES string of the molecule is Cn1nc([C@@H](O)CCN)c2ccccc21. The minimum absolute atomic E-state index is 0.464. The third-order valence-electron chi connectivity index (χ3n) is 2.54. The summed E-state index contributed by atoms with van der Waals surface area (Å²) < 4.78 is 1.78. The highest BCUT2D eigenvalue weighted by atomic mass is 16.3. The maximum absolute atomic E-state index is 9.88. The average molecular weight is 205 g/mol. The molecule has 0 fully saturated rings. The summed E-state index contributed by atoms with van der Waals surface area (Å²) in [5, 5.41) is 15.2. The lowest BCUT2D eigenvalue weighted by Gasteiger charge is -2.05. The van der Waals surface area contributed by atoms with Gasteiger partial charge in [0, 0.05) is 12.4 Å².